The molecule has 0 aliphatic heterocycles. The van der Waals surface area contributed by atoms with E-state index < -0.39 is 4.84 Å². The normalized spacial score (nSPS) is 12.8. The summed E-state index contributed by atoms with van der Waals surface area (Å²) in [5.74, 6) is 0.809. The van der Waals surface area contributed by atoms with Crippen LogP contribution in [0.25, 0.3) is 0 Å². The summed E-state index contributed by atoms with van der Waals surface area (Å²) in [4.78, 5) is 1.59. The third-order valence-electron chi connectivity index (χ3n) is 2.03. The molecule has 0 unspecified atom stereocenters. The molecular weight excluding hydrogens is 249 g/mol. The minimum absolute atomic E-state index is 0.124. The van der Waals surface area contributed by atoms with E-state index in [0.717, 1.165) is 5.82 Å². The highest BCUT2D eigenvalue weighted by Gasteiger charge is 2.20. The third kappa shape index (κ3) is 3.88. The zero-order valence-corrected chi connectivity index (χ0v) is 11.5. The predicted molar refractivity (Wildman–Crippen MR) is 64.6 cm³/mol. The number of tetrazole rings is 1. The van der Waals surface area contributed by atoms with Crippen molar-refractivity contribution in [2.24, 2.45) is 0 Å². The van der Waals surface area contributed by atoms with E-state index in [0.29, 0.717) is 13.1 Å². The Labute approximate surface area is 106 Å². The Kier molecular flexibility index (Phi) is 4.52. The van der Waals surface area contributed by atoms with Gasteiger partial charge in [-0.2, -0.15) is 0 Å². The molecule has 0 N–H and O–H groups in total. The van der Waals surface area contributed by atoms with Crippen LogP contribution in [0.4, 0.5) is 0 Å². The number of alkyl halides is 2. The number of aromatic nitrogens is 4. The summed E-state index contributed by atoms with van der Waals surface area (Å²) >= 11 is 11.4. The van der Waals surface area contributed by atoms with Gasteiger partial charge in [-0.25, -0.2) is 4.68 Å². The fourth-order valence-corrected chi connectivity index (χ4v) is 1.84. The smallest absolute Gasteiger partial charge is 0.165 e. The van der Waals surface area contributed by atoms with Gasteiger partial charge < -0.3 is 0 Å². The lowest BCUT2D eigenvalue weighted by Crippen LogP contribution is -2.30. The van der Waals surface area contributed by atoms with E-state index in [9.17, 15) is 0 Å². The summed E-state index contributed by atoms with van der Waals surface area (Å²) < 4.78 is 1.81. The molecule has 0 aromatic carbocycles. The molecule has 0 saturated carbocycles. The highest BCUT2D eigenvalue weighted by atomic mass is 35.5. The summed E-state index contributed by atoms with van der Waals surface area (Å²) in [7, 11) is 1.93. The monoisotopic (exact) mass is 265 g/mol. The van der Waals surface area contributed by atoms with Crippen molar-refractivity contribution < 1.29 is 0 Å². The molecule has 92 valence electrons. The molecule has 1 heterocycles. The molecule has 1 aromatic rings. The average Bonchev–Trinajstić information content (AvgIpc) is 2.48. The zero-order valence-electron chi connectivity index (χ0n) is 9.98. The zero-order chi connectivity index (χ0) is 12.3. The van der Waals surface area contributed by atoms with Gasteiger partial charge in [0.15, 0.2) is 5.82 Å². The number of halogens is 2. The largest absolute Gasteiger partial charge is 0.296 e. The second-order valence-corrected chi connectivity index (χ2v) is 6.04. The lowest BCUT2D eigenvalue weighted by atomic mass is 10.1. The van der Waals surface area contributed by atoms with Gasteiger partial charge in [-0.1, -0.05) is 0 Å². The molecule has 0 aliphatic rings. The fourth-order valence-electron chi connectivity index (χ4n) is 1.37. The third-order valence-corrected chi connectivity index (χ3v) is 2.31. The number of nitrogens with zero attached hydrogens (tertiary/aromatic N) is 5. The lowest BCUT2D eigenvalue weighted by molar-refractivity contribution is 0.285. The second-order valence-electron chi connectivity index (χ2n) is 4.77. The van der Waals surface area contributed by atoms with E-state index in [1.165, 1.54) is 0 Å². The summed E-state index contributed by atoms with van der Waals surface area (Å²) in [5.41, 5.74) is -0.124. The maximum atomic E-state index is 5.71. The quantitative estimate of drug-likeness (QED) is 0.778. The van der Waals surface area contributed by atoms with Gasteiger partial charge in [-0.3, -0.25) is 4.90 Å². The Balaban J connectivity index is 2.71. The number of hydrogen-bond donors (Lipinski definition) is 0. The highest BCUT2D eigenvalue weighted by Crippen LogP contribution is 2.14. The molecule has 0 amide bonds. The van der Waals surface area contributed by atoms with Crippen molar-refractivity contribution in [3.05, 3.63) is 5.82 Å². The first-order valence-corrected chi connectivity index (χ1v) is 5.92. The van der Waals surface area contributed by atoms with Crippen molar-refractivity contribution in [1.29, 1.82) is 0 Å². The molecule has 7 heteroatoms. The van der Waals surface area contributed by atoms with E-state index >= 15 is 0 Å². The molecule has 0 atom stereocenters. The Morgan fingerprint density at radius 3 is 2.50 bits per heavy atom. The Morgan fingerprint density at radius 2 is 2.00 bits per heavy atom. The van der Waals surface area contributed by atoms with Crippen LogP contribution in [0.2, 0.25) is 0 Å². The van der Waals surface area contributed by atoms with Gasteiger partial charge in [-0.05, 0) is 38.2 Å². The van der Waals surface area contributed by atoms with Crippen LogP contribution < -0.4 is 0 Å². The van der Waals surface area contributed by atoms with Gasteiger partial charge in [-0.15, -0.1) is 28.3 Å². The van der Waals surface area contributed by atoms with Crippen LogP contribution in [0.15, 0.2) is 0 Å². The molecule has 1 rings (SSSR count). The van der Waals surface area contributed by atoms with E-state index in [-0.39, 0.29) is 5.54 Å². The molecule has 0 fully saturated rings. The van der Waals surface area contributed by atoms with Gasteiger partial charge in [0.1, 0.15) is 4.84 Å². The van der Waals surface area contributed by atoms with E-state index in [1.807, 2.05) is 11.9 Å². The minimum Gasteiger partial charge on any atom is -0.296 e. The van der Waals surface area contributed by atoms with Gasteiger partial charge in [0.2, 0.25) is 0 Å². The predicted octanol–water partition coefficient (Wildman–Crippen LogP) is 1.66. The molecule has 0 bridgehead atoms. The van der Waals surface area contributed by atoms with Crippen molar-refractivity contribution in [3.63, 3.8) is 0 Å². The second kappa shape index (κ2) is 5.29. The Hall–Kier alpha value is -0.390. The first kappa shape index (κ1) is 13.7. The SMILES string of the molecule is CN(Cc1nnnn1C(C)(C)C)CC(Cl)Cl. The van der Waals surface area contributed by atoms with Crippen molar-refractivity contribution in [1.82, 2.24) is 25.1 Å². The molecule has 0 aliphatic carbocycles. The highest BCUT2D eigenvalue weighted by molar-refractivity contribution is 6.44. The molecule has 0 saturated heterocycles. The summed E-state index contributed by atoms with van der Waals surface area (Å²) in [5, 5.41) is 11.7. The van der Waals surface area contributed by atoms with Gasteiger partial charge in [0, 0.05) is 6.54 Å². The first-order chi connectivity index (χ1) is 7.30. The summed E-state index contributed by atoms with van der Waals surface area (Å²) in [6.45, 7) is 7.37. The van der Waals surface area contributed by atoms with Crippen LogP contribution in [0.3, 0.4) is 0 Å². The first-order valence-electron chi connectivity index (χ1n) is 5.05. The molecule has 1 aromatic heterocycles. The lowest BCUT2D eigenvalue weighted by Gasteiger charge is -2.22. The van der Waals surface area contributed by atoms with Crippen LogP contribution >= 0.6 is 23.2 Å². The molecule has 0 spiro atoms. The van der Waals surface area contributed by atoms with Crippen molar-refractivity contribution >= 4 is 23.2 Å². The average molecular weight is 266 g/mol. The summed E-state index contributed by atoms with van der Waals surface area (Å²) in [6, 6.07) is 0. The molecule has 5 nitrogen and oxygen atoms in total. The van der Waals surface area contributed by atoms with E-state index in [1.54, 1.807) is 4.68 Å². The van der Waals surface area contributed by atoms with Crippen molar-refractivity contribution in [2.45, 2.75) is 37.7 Å². The Bertz CT molecular complexity index is 331. The topological polar surface area (TPSA) is 46.8 Å². The van der Waals surface area contributed by atoms with Gasteiger partial charge in [0.05, 0.1) is 12.1 Å². The fraction of sp³-hybridized carbons (Fsp3) is 0.889. The van der Waals surface area contributed by atoms with Crippen molar-refractivity contribution in [2.75, 3.05) is 13.6 Å². The van der Waals surface area contributed by atoms with Crippen LogP contribution in [0, 0.1) is 0 Å². The van der Waals surface area contributed by atoms with Crippen LogP contribution in [-0.4, -0.2) is 43.5 Å². The maximum Gasteiger partial charge on any atom is 0.165 e. The number of rotatable bonds is 4. The van der Waals surface area contributed by atoms with Crippen LogP contribution in [0.1, 0.15) is 26.6 Å². The minimum atomic E-state index is -0.399. The Morgan fingerprint density at radius 1 is 1.38 bits per heavy atom. The van der Waals surface area contributed by atoms with Crippen LogP contribution in [0.5, 0.6) is 0 Å². The van der Waals surface area contributed by atoms with Gasteiger partial charge in [0.25, 0.3) is 0 Å². The van der Waals surface area contributed by atoms with Crippen LogP contribution in [-0.2, 0) is 12.1 Å². The maximum absolute atomic E-state index is 5.71. The van der Waals surface area contributed by atoms with Gasteiger partial charge >= 0.3 is 0 Å². The molecule has 0 radical (unpaired) electrons. The standard InChI is InChI=1S/C9H17Cl2N5/c1-9(2,3)16-8(12-13-14-16)6-15(4)5-7(10)11/h7H,5-6H2,1-4H3. The van der Waals surface area contributed by atoms with Crippen molar-refractivity contribution in [3.8, 4) is 0 Å². The molecular formula is C9H17Cl2N5. The number of hydrogen-bond acceptors (Lipinski definition) is 4. The molecule has 16 heavy (non-hydrogen) atoms. The van der Waals surface area contributed by atoms with E-state index in [4.69, 9.17) is 23.2 Å². The summed E-state index contributed by atoms with van der Waals surface area (Å²) in [6.07, 6.45) is 0. The van der Waals surface area contributed by atoms with E-state index in [2.05, 4.69) is 36.3 Å².